The molecule has 0 spiro atoms. The molecule has 1 unspecified atom stereocenters. The summed E-state index contributed by atoms with van der Waals surface area (Å²) in [4.78, 5) is 12.3. The fourth-order valence-corrected chi connectivity index (χ4v) is 5.06. The van der Waals surface area contributed by atoms with Crippen LogP contribution in [-0.4, -0.2) is 33.6 Å². The highest BCUT2D eigenvalue weighted by Gasteiger charge is 2.32. The smallest absolute Gasteiger partial charge is 0.264 e. The molecule has 1 N–H and O–H groups in total. The SMILES string of the molecule is CC1CN(S(=O)(=O)c2ccc(NC(=O)COc3ccccc3Cl)cc2)c2ccccc2O1. The summed E-state index contributed by atoms with van der Waals surface area (Å²) in [5.74, 6) is 0.541. The predicted molar refractivity (Wildman–Crippen MR) is 123 cm³/mol. The van der Waals surface area contributed by atoms with Gasteiger partial charge in [0.1, 0.15) is 17.6 Å². The lowest BCUT2D eigenvalue weighted by Crippen LogP contribution is -2.42. The Morgan fingerprint density at radius 2 is 1.78 bits per heavy atom. The summed E-state index contributed by atoms with van der Waals surface area (Å²) in [6.45, 7) is 1.80. The fourth-order valence-electron chi connectivity index (χ4n) is 3.32. The van der Waals surface area contributed by atoms with Crippen LogP contribution in [0.1, 0.15) is 6.92 Å². The van der Waals surface area contributed by atoms with Crippen LogP contribution in [0.2, 0.25) is 5.02 Å². The van der Waals surface area contributed by atoms with Crippen LogP contribution >= 0.6 is 11.6 Å². The largest absolute Gasteiger partial charge is 0.487 e. The zero-order valence-corrected chi connectivity index (χ0v) is 18.8. The molecule has 0 aromatic heterocycles. The van der Waals surface area contributed by atoms with Crippen molar-refractivity contribution < 1.29 is 22.7 Å². The van der Waals surface area contributed by atoms with Gasteiger partial charge in [-0.25, -0.2) is 8.42 Å². The van der Waals surface area contributed by atoms with E-state index < -0.39 is 15.9 Å². The number of sulfonamides is 1. The van der Waals surface area contributed by atoms with E-state index in [1.165, 1.54) is 28.6 Å². The first-order valence-electron chi connectivity index (χ1n) is 9.90. The number of nitrogens with zero attached hydrogens (tertiary/aromatic N) is 1. The quantitative estimate of drug-likeness (QED) is 0.577. The minimum atomic E-state index is -3.80. The van der Waals surface area contributed by atoms with E-state index in [1.807, 2.05) is 6.92 Å². The van der Waals surface area contributed by atoms with E-state index in [9.17, 15) is 13.2 Å². The van der Waals surface area contributed by atoms with Crippen molar-refractivity contribution in [2.75, 3.05) is 22.8 Å². The van der Waals surface area contributed by atoms with Crippen molar-refractivity contribution in [3.63, 3.8) is 0 Å². The maximum Gasteiger partial charge on any atom is 0.264 e. The third kappa shape index (κ3) is 4.66. The fraction of sp³-hybridized carbons (Fsp3) is 0.174. The summed E-state index contributed by atoms with van der Waals surface area (Å²) in [5.41, 5.74) is 0.951. The second-order valence-corrected chi connectivity index (χ2v) is 9.49. The maximum atomic E-state index is 13.3. The van der Waals surface area contributed by atoms with Crippen LogP contribution in [0.15, 0.2) is 77.7 Å². The highest BCUT2D eigenvalue weighted by Crippen LogP contribution is 2.36. The lowest BCUT2D eigenvalue weighted by Gasteiger charge is -2.34. The zero-order chi connectivity index (χ0) is 22.7. The monoisotopic (exact) mass is 472 g/mol. The minimum absolute atomic E-state index is 0.117. The molecule has 0 fully saturated rings. The average molecular weight is 473 g/mol. The van der Waals surface area contributed by atoms with Gasteiger partial charge in [-0.15, -0.1) is 0 Å². The summed E-state index contributed by atoms with van der Waals surface area (Å²) < 4.78 is 39.0. The van der Waals surface area contributed by atoms with Crippen LogP contribution in [0.25, 0.3) is 0 Å². The first-order valence-corrected chi connectivity index (χ1v) is 11.7. The Labute approximate surface area is 191 Å². The van der Waals surface area contributed by atoms with E-state index in [1.54, 1.807) is 48.5 Å². The van der Waals surface area contributed by atoms with Crippen molar-refractivity contribution in [3.8, 4) is 11.5 Å². The molecular weight excluding hydrogens is 452 g/mol. The Bertz CT molecular complexity index is 1230. The van der Waals surface area contributed by atoms with E-state index in [-0.39, 0.29) is 24.2 Å². The Hall–Kier alpha value is -3.23. The number of benzene rings is 3. The molecule has 0 saturated carbocycles. The number of carbonyl (C=O) groups excluding carboxylic acids is 1. The summed E-state index contributed by atoms with van der Waals surface area (Å²) in [7, 11) is -3.80. The van der Waals surface area contributed by atoms with E-state index in [0.29, 0.717) is 27.9 Å². The molecule has 166 valence electrons. The number of nitrogens with one attached hydrogen (secondary N) is 1. The van der Waals surface area contributed by atoms with Crippen molar-refractivity contribution in [3.05, 3.63) is 77.8 Å². The number of fused-ring (bicyclic) bond motifs is 1. The number of halogens is 1. The van der Waals surface area contributed by atoms with Crippen LogP contribution in [0.3, 0.4) is 0 Å². The van der Waals surface area contributed by atoms with Gasteiger partial charge in [0.05, 0.1) is 22.2 Å². The molecule has 0 bridgehead atoms. The Morgan fingerprint density at radius 3 is 2.53 bits per heavy atom. The van der Waals surface area contributed by atoms with E-state index in [2.05, 4.69) is 5.32 Å². The molecule has 3 aromatic rings. The van der Waals surface area contributed by atoms with Gasteiger partial charge in [0.25, 0.3) is 15.9 Å². The van der Waals surface area contributed by atoms with Crippen molar-refractivity contribution >= 4 is 38.9 Å². The van der Waals surface area contributed by atoms with Crippen LogP contribution in [0, 0.1) is 0 Å². The first kappa shape index (κ1) is 22.0. The molecule has 1 amide bonds. The number of carbonyl (C=O) groups is 1. The molecule has 9 heteroatoms. The second kappa shape index (κ2) is 9.10. The van der Waals surface area contributed by atoms with E-state index in [4.69, 9.17) is 21.1 Å². The van der Waals surface area contributed by atoms with Gasteiger partial charge in [0, 0.05) is 5.69 Å². The third-order valence-corrected chi connectivity index (χ3v) is 6.91. The van der Waals surface area contributed by atoms with Gasteiger partial charge in [-0.05, 0) is 55.5 Å². The first-order chi connectivity index (χ1) is 15.3. The van der Waals surface area contributed by atoms with E-state index in [0.717, 1.165) is 0 Å². The highest BCUT2D eigenvalue weighted by molar-refractivity contribution is 7.92. The molecule has 0 radical (unpaired) electrons. The number of para-hydroxylation sites is 3. The lowest BCUT2D eigenvalue weighted by atomic mass is 10.2. The normalized spacial score (nSPS) is 15.4. The number of anilines is 2. The number of amides is 1. The maximum absolute atomic E-state index is 13.3. The molecular formula is C23H21ClN2O5S. The van der Waals surface area contributed by atoms with Crippen molar-refractivity contribution in [2.24, 2.45) is 0 Å². The Morgan fingerprint density at radius 1 is 1.09 bits per heavy atom. The van der Waals surface area contributed by atoms with Gasteiger partial charge in [0.2, 0.25) is 0 Å². The second-order valence-electron chi connectivity index (χ2n) is 7.22. The molecule has 1 atom stereocenters. The van der Waals surface area contributed by atoms with Crippen LogP contribution in [-0.2, 0) is 14.8 Å². The number of hydrogen-bond acceptors (Lipinski definition) is 5. The number of hydrogen-bond donors (Lipinski definition) is 1. The van der Waals surface area contributed by atoms with Gasteiger partial charge in [-0.2, -0.15) is 0 Å². The van der Waals surface area contributed by atoms with E-state index >= 15 is 0 Å². The van der Waals surface area contributed by atoms with Crippen LogP contribution in [0.5, 0.6) is 11.5 Å². The van der Waals surface area contributed by atoms with Gasteiger partial charge >= 0.3 is 0 Å². The molecule has 0 saturated heterocycles. The molecule has 4 rings (SSSR count). The molecule has 32 heavy (non-hydrogen) atoms. The summed E-state index contributed by atoms with van der Waals surface area (Å²) >= 11 is 6.01. The lowest BCUT2D eigenvalue weighted by molar-refractivity contribution is -0.118. The highest BCUT2D eigenvalue weighted by atomic mass is 35.5. The summed E-state index contributed by atoms with van der Waals surface area (Å²) in [6.07, 6.45) is -0.281. The summed E-state index contributed by atoms with van der Waals surface area (Å²) in [6, 6.07) is 19.9. The van der Waals surface area contributed by atoms with Crippen LogP contribution in [0.4, 0.5) is 11.4 Å². The van der Waals surface area contributed by atoms with Crippen molar-refractivity contribution in [1.82, 2.24) is 0 Å². The van der Waals surface area contributed by atoms with Gasteiger partial charge in [-0.1, -0.05) is 35.9 Å². The van der Waals surface area contributed by atoms with Crippen molar-refractivity contribution in [1.29, 1.82) is 0 Å². The van der Waals surface area contributed by atoms with Crippen molar-refractivity contribution in [2.45, 2.75) is 17.9 Å². The topological polar surface area (TPSA) is 84.9 Å². The third-order valence-electron chi connectivity index (χ3n) is 4.81. The molecule has 1 aliphatic rings. The minimum Gasteiger partial charge on any atom is -0.487 e. The summed E-state index contributed by atoms with van der Waals surface area (Å²) in [5, 5.41) is 3.09. The number of rotatable bonds is 6. The van der Waals surface area contributed by atoms with Gasteiger partial charge in [-0.3, -0.25) is 9.10 Å². The van der Waals surface area contributed by atoms with Gasteiger partial charge < -0.3 is 14.8 Å². The number of ether oxygens (including phenoxy) is 2. The molecule has 1 aliphatic heterocycles. The van der Waals surface area contributed by atoms with Crippen LogP contribution < -0.4 is 19.1 Å². The average Bonchev–Trinajstić information content (AvgIpc) is 2.78. The standard InChI is InChI=1S/C23H21ClN2O5S/c1-16-14-26(20-7-3-5-9-22(20)31-16)32(28,29)18-12-10-17(11-13-18)25-23(27)15-30-21-8-4-2-6-19(21)24/h2-13,16H,14-15H2,1H3,(H,25,27). The molecule has 1 heterocycles. The zero-order valence-electron chi connectivity index (χ0n) is 17.2. The molecule has 0 aliphatic carbocycles. The Balaban J connectivity index is 1.45. The molecule has 3 aromatic carbocycles. The predicted octanol–water partition coefficient (Wildman–Crippen LogP) is 4.33. The Kier molecular flexibility index (Phi) is 6.25. The molecule has 7 nitrogen and oxygen atoms in total. The van der Waals surface area contributed by atoms with Gasteiger partial charge in [0.15, 0.2) is 6.61 Å².